The SMILES string of the molecule is CC(C)C.COc1cccc2[nH]c(C(=O)NCC(=O)N[C@@H](C[C@@H]3CCCNC3=O)C(=O)COC(=O)C(C)(C)C)cc12.[HH].[HH].[HH].[HH]. The Balaban J connectivity index is -0.00000208. The number of piperidine rings is 1. The lowest BCUT2D eigenvalue weighted by Crippen LogP contribution is -2.49. The maximum absolute atomic E-state index is 12.9. The third-order valence-corrected chi connectivity index (χ3v) is 6.10. The standard InChI is InChI=1S/C26H34N4O7.C4H10.4H2/c1-26(2,3)25(35)37-14-20(31)18(11-15-7-6-10-27-23(15)33)30-22(32)13-28-24(34)19-12-16-17(29-19)8-5-9-21(16)36-4;1-4(2)3;;;;/h5,8-9,12,15,18,29H,6-7,10-11,13-14H2,1-4H3,(H,27,33)(H,28,34)(H,30,32);4H,1-3H3;4*1H/t15-,18-;;;;;/m0...../s1. The number of hydrogen-bond acceptors (Lipinski definition) is 7. The van der Waals surface area contributed by atoms with Gasteiger partial charge in [-0.2, -0.15) is 0 Å². The van der Waals surface area contributed by atoms with Crippen molar-refractivity contribution >= 4 is 40.4 Å². The van der Waals surface area contributed by atoms with E-state index < -0.39 is 54.1 Å². The molecule has 3 amide bonds. The van der Waals surface area contributed by atoms with Gasteiger partial charge in [0.25, 0.3) is 5.91 Å². The van der Waals surface area contributed by atoms with Gasteiger partial charge in [0.15, 0.2) is 12.4 Å². The molecular weight excluding hydrogens is 528 g/mol. The lowest BCUT2D eigenvalue weighted by atomic mass is 9.90. The largest absolute Gasteiger partial charge is 0.496 e. The number of ether oxygens (including phenoxy) is 2. The van der Waals surface area contributed by atoms with Crippen LogP contribution in [0.3, 0.4) is 0 Å². The van der Waals surface area contributed by atoms with Crippen LogP contribution in [-0.2, 0) is 23.9 Å². The molecule has 1 saturated heterocycles. The van der Waals surface area contributed by atoms with Crippen LogP contribution in [0.5, 0.6) is 5.75 Å². The number of carbonyl (C=O) groups excluding carboxylic acids is 5. The molecule has 4 N–H and O–H groups in total. The molecule has 1 aliphatic rings. The van der Waals surface area contributed by atoms with E-state index in [2.05, 4.69) is 41.7 Å². The fraction of sp³-hybridized carbons (Fsp3) is 0.567. The molecule has 2 atom stereocenters. The summed E-state index contributed by atoms with van der Waals surface area (Å²) in [5.41, 5.74) is 0.155. The second kappa shape index (κ2) is 15.2. The van der Waals surface area contributed by atoms with Gasteiger partial charge in [0.05, 0.1) is 25.1 Å². The van der Waals surface area contributed by atoms with E-state index in [0.717, 1.165) is 17.7 Å². The number of aromatic amines is 1. The van der Waals surface area contributed by atoms with E-state index in [0.29, 0.717) is 24.2 Å². The second-order valence-corrected chi connectivity index (χ2v) is 11.8. The minimum Gasteiger partial charge on any atom is -0.496 e. The molecule has 0 bridgehead atoms. The number of rotatable bonds is 10. The van der Waals surface area contributed by atoms with Crippen LogP contribution in [0.1, 0.15) is 77.0 Å². The van der Waals surface area contributed by atoms with E-state index >= 15 is 0 Å². The zero-order chi connectivity index (χ0) is 30.7. The molecule has 11 heteroatoms. The molecule has 1 aromatic carbocycles. The lowest BCUT2D eigenvalue weighted by Gasteiger charge is -2.26. The Morgan fingerprint density at radius 2 is 1.83 bits per heavy atom. The fourth-order valence-corrected chi connectivity index (χ4v) is 4.00. The Labute approximate surface area is 247 Å². The average Bonchev–Trinajstić information content (AvgIpc) is 3.35. The Bertz CT molecular complexity index is 1250. The number of Topliss-reactive ketones (excluding diaryl/α,β-unsaturated/α-hetero) is 1. The summed E-state index contributed by atoms with van der Waals surface area (Å²) in [5.74, 6) is -1.42. The highest BCUT2D eigenvalue weighted by atomic mass is 16.5. The van der Waals surface area contributed by atoms with Crippen molar-refractivity contribution in [1.82, 2.24) is 20.9 Å². The first-order valence-corrected chi connectivity index (χ1v) is 13.9. The highest BCUT2D eigenvalue weighted by Gasteiger charge is 2.31. The van der Waals surface area contributed by atoms with Crippen molar-refractivity contribution in [2.45, 2.75) is 66.8 Å². The molecule has 11 nitrogen and oxygen atoms in total. The smallest absolute Gasteiger partial charge is 0.311 e. The van der Waals surface area contributed by atoms with Crippen molar-refractivity contribution < 1.29 is 39.2 Å². The molecule has 41 heavy (non-hydrogen) atoms. The number of amides is 3. The number of H-pyrrole nitrogens is 1. The minimum absolute atomic E-state index is 0. The molecular formula is C30H52N4O7. The van der Waals surface area contributed by atoms with Gasteiger partial charge < -0.3 is 30.4 Å². The Hall–Kier alpha value is -3.89. The predicted molar refractivity (Wildman–Crippen MR) is 164 cm³/mol. The van der Waals surface area contributed by atoms with Gasteiger partial charge in [0.1, 0.15) is 11.4 Å². The van der Waals surface area contributed by atoms with Crippen LogP contribution in [0.4, 0.5) is 0 Å². The van der Waals surface area contributed by atoms with Gasteiger partial charge in [-0.15, -0.1) is 0 Å². The quantitative estimate of drug-likeness (QED) is 0.308. The van der Waals surface area contributed by atoms with Gasteiger partial charge in [0.2, 0.25) is 11.8 Å². The molecule has 0 spiro atoms. The number of carbonyl (C=O) groups is 5. The van der Waals surface area contributed by atoms with Gasteiger partial charge >= 0.3 is 5.97 Å². The van der Waals surface area contributed by atoms with Crippen molar-refractivity contribution in [3.63, 3.8) is 0 Å². The number of esters is 1. The summed E-state index contributed by atoms with van der Waals surface area (Å²) in [5, 5.41) is 8.60. The molecule has 1 aromatic heterocycles. The Morgan fingerprint density at radius 3 is 2.44 bits per heavy atom. The van der Waals surface area contributed by atoms with E-state index in [1.807, 2.05) is 0 Å². The summed E-state index contributed by atoms with van der Waals surface area (Å²) < 4.78 is 10.4. The summed E-state index contributed by atoms with van der Waals surface area (Å²) in [7, 11) is 1.53. The van der Waals surface area contributed by atoms with Gasteiger partial charge in [-0.1, -0.05) is 26.8 Å². The molecule has 0 radical (unpaired) electrons. The van der Waals surface area contributed by atoms with E-state index in [1.54, 1.807) is 45.0 Å². The molecule has 234 valence electrons. The zero-order valence-electron chi connectivity index (χ0n) is 25.1. The lowest BCUT2D eigenvalue weighted by molar-refractivity contribution is -0.156. The molecule has 0 saturated carbocycles. The number of aromatic nitrogens is 1. The van der Waals surface area contributed by atoms with Crippen molar-refractivity contribution in [3.8, 4) is 5.75 Å². The van der Waals surface area contributed by atoms with Crippen LogP contribution in [0.15, 0.2) is 24.3 Å². The Morgan fingerprint density at radius 1 is 1.15 bits per heavy atom. The van der Waals surface area contributed by atoms with Gasteiger partial charge in [-0.25, -0.2) is 0 Å². The third kappa shape index (κ3) is 10.5. The number of benzene rings is 1. The molecule has 0 unspecified atom stereocenters. The zero-order valence-corrected chi connectivity index (χ0v) is 25.1. The summed E-state index contributed by atoms with van der Waals surface area (Å²) in [6.45, 7) is 11.1. The van der Waals surface area contributed by atoms with E-state index in [4.69, 9.17) is 9.47 Å². The first-order chi connectivity index (χ1) is 19.2. The van der Waals surface area contributed by atoms with E-state index in [1.165, 1.54) is 7.11 Å². The van der Waals surface area contributed by atoms with Crippen LogP contribution in [0.25, 0.3) is 10.9 Å². The average molecular weight is 581 g/mol. The summed E-state index contributed by atoms with van der Waals surface area (Å²) >= 11 is 0. The van der Waals surface area contributed by atoms with Crippen LogP contribution in [-0.4, -0.2) is 67.3 Å². The monoisotopic (exact) mass is 580 g/mol. The number of methoxy groups -OCH3 is 1. The molecule has 1 aliphatic heterocycles. The van der Waals surface area contributed by atoms with Gasteiger partial charge in [-0.3, -0.25) is 24.0 Å². The summed E-state index contributed by atoms with van der Waals surface area (Å²) in [6, 6.07) is 5.93. The second-order valence-electron chi connectivity index (χ2n) is 11.8. The predicted octanol–water partition coefficient (Wildman–Crippen LogP) is 4.11. The van der Waals surface area contributed by atoms with Gasteiger partial charge in [0, 0.05) is 29.1 Å². The fourth-order valence-electron chi connectivity index (χ4n) is 4.00. The third-order valence-electron chi connectivity index (χ3n) is 6.10. The van der Waals surface area contributed by atoms with Crippen molar-refractivity contribution in [3.05, 3.63) is 30.0 Å². The highest BCUT2D eigenvalue weighted by molar-refractivity contribution is 6.01. The number of ketones is 1. The van der Waals surface area contributed by atoms with Crippen LogP contribution >= 0.6 is 0 Å². The first kappa shape index (κ1) is 33.3. The highest BCUT2D eigenvalue weighted by Crippen LogP contribution is 2.26. The van der Waals surface area contributed by atoms with Crippen LogP contribution in [0, 0.1) is 17.3 Å². The summed E-state index contributed by atoms with van der Waals surface area (Å²) in [4.78, 5) is 65.5. The number of hydrogen-bond donors (Lipinski definition) is 4. The van der Waals surface area contributed by atoms with Crippen molar-refractivity contribution in [1.29, 1.82) is 0 Å². The molecule has 1 fully saturated rings. The van der Waals surface area contributed by atoms with E-state index in [-0.39, 0.29) is 23.7 Å². The van der Waals surface area contributed by atoms with Gasteiger partial charge in [-0.05, 0) is 64.2 Å². The molecule has 2 aromatic rings. The topological polar surface area (TPSA) is 156 Å². The van der Waals surface area contributed by atoms with Crippen LogP contribution < -0.4 is 20.7 Å². The van der Waals surface area contributed by atoms with Crippen LogP contribution in [0.2, 0.25) is 0 Å². The molecule has 3 rings (SSSR count). The maximum atomic E-state index is 12.9. The summed E-state index contributed by atoms with van der Waals surface area (Å²) in [6.07, 6.45) is 1.41. The van der Waals surface area contributed by atoms with E-state index in [9.17, 15) is 24.0 Å². The van der Waals surface area contributed by atoms with Crippen molar-refractivity contribution in [2.24, 2.45) is 17.3 Å². The minimum atomic E-state index is -1.05. The maximum Gasteiger partial charge on any atom is 0.311 e. The first-order valence-electron chi connectivity index (χ1n) is 13.9. The molecule has 0 aliphatic carbocycles. The number of fused-ring (bicyclic) bond motifs is 1. The number of nitrogens with one attached hydrogen (secondary N) is 4. The Kier molecular flexibility index (Phi) is 12.4. The molecule has 2 heterocycles. The normalized spacial score (nSPS) is 15.7. The van der Waals surface area contributed by atoms with Crippen molar-refractivity contribution in [2.75, 3.05) is 26.8 Å².